The van der Waals surface area contributed by atoms with Crippen LogP contribution in [0.4, 0.5) is 0 Å². The van der Waals surface area contributed by atoms with E-state index < -0.39 is 10.0 Å². The third kappa shape index (κ3) is 3.13. The van der Waals surface area contributed by atoms with Gasteiger partial charge in [-0.25, -0.2) is 13.1 Å². The predicted molar refractivity (Wildman–Crippen MR) is 106 cm³/mol. The maximum absolute atomic E-state index is 13.1. The summed E-state index contributed by atoms with van der Waals surface area (Å²) in [6, 6.07) is 9.65. The maximum atomic E-state index is 13.1. The Kier molecular flexibility index (Phi) is 4.86. The first-order valence-electron chi connectivity index (χ1n) is 8.63. The molecule has 0 atom stereocenters. The van der Waals surface area contributed by atoms with Gasteiger partial charge in [-0.15, -0.1) is 0 Å². The number of para-hydroxylation sites is 1. The van der Waals surface area contributed by atoms with Gasteiger partial charge in [-0.05, 0) is 74.1 Å². The summed E-state index contributed by atoms with van der Waals surface area (Å²) in [5.41, 5.74) is 6.52. The van der Waals surface area contributed by atoms with E-state index >= 15 is 0 Å². The summed E-state index contributed by atoms with van der Waals surface area (Å²) in [6.07, 6.45) is 1.72. The van der Waals surface area contributed by atoms with Crippen LogP contribution in [0.2, 0.25) is 0 Å². The summed E-state index contributed by atoms with van der Waals surface area (Å²) in [5, 5.41) is 0.999. The number of hydrogen-bond donors (Lipinski definition) is 1. The van der Waals surface area contributed by atoms with Gasteiger partial charge in [0.2, 0.25) is 10.0 Å². The van der Waals surface area contributed by atoms with E-state index in [1.807, 2.05) is 65.0 Å². The lowest BCUT2D eigenvalue weighted by atomic mass is 9.95. The van der Waals surface area contributed by atoms with Crippen LogP contribution in [0.15, 0.2) is 41.4 Å². The molecule has 0 aliphatic rings. The zero-order chi connectivity index (χ0) is 19.1. The Morgan fingerprint density at radius 2 is 1.42 bits per heavy atom. The van der Waals surface area contributed by atoms with E-state index in [-0.39, 0.29) is 6.54 Å². The molecule has 0 saturated carbocycles. The quantitative estimate of drug-likeness (QED) is 0.749. The largest absolute Gasteiger partial charge is 0.256 e. The van der Waals surface area contributed by atoms with Gasteiger partial charge in [0.05, 0.1) is 10.4 Å². The highest BCUT2D eigenvalue weighted by Gasteiger charge is 2.23. The first-order chi connectivity index (χ1) is 12.2. The molecule has 2 aromatic carbocycles. The first kappa shape index (κ1) is 18.5. The Morgan fingerprint density at radius 3 is 2.08 bits per heavy atom. The highest BCUT2D eigenvalue weighted by Crippen LogP contribution is 2.29. The molecule has 136 valence electrons. The summed E-state index contributed by atoms with van der Waals surface area (Å²) in [7, 11) is -3.63. The van der Waals surface area contributed by atoms with Gasteiger partial charge >= 0.3 is 0 Å². The minimum Gasteiger partial charge on any atom is -0.256 e. The van der Waals surface area contributed by atoms with E-state index in [0.29, 0.717) is 4.90 Å². The number of nitrogens with one attached hydrogen (secondary N) is 1. The Bertz CT molecular complexity index is 1070. The van der Waals surface area contributed by atoms with Crippen LogP contribution in [0.1, 0.15) is 33.4 Å². The second-order valence-electron chi connectivity index (χ2n) is 6.77. The van der Waals surface area contributed by atoms with Crippen molar-refractivity contribution in [2.75, 3.05) is 0 Å². The zero-order valence-electron chi connectivity index (χ0n) is 15.8. The van der Waals surface area contributed by atoms with E-state index in [9.17, 15) is 8.42 Å². The molecule has 1 N–H and O–H groups in total. The third-order valence-electron chi connectivity index (χ3n) is 5.37. The predicted octanol–water partition coefficient (Wildman–Crippen LogP) is 4.26. The minimum absolute atomic E-state index is 0.210. The molecule has 26 heavy (non-hydrogen) atoms. The molecular formula is C21H24N2O2S. The molecule has 1 heterocycles. The lowest BCUT2D eigenvalue weighted by Gasteiger charge is -2.19. The van der Waals surface area contributed by atoms with Gasteiger partial charge in [0.25, 0.3) is 0 Å². The molecule has 0 amide bonds. The number of aromatic nitrogens is 1. The molecule has 5 heteroatoms. The van der Waals surface area contributed by atoms with Crippen LogP contribution in [0, 0.1) is 34.6 Å². The average molecular weight is 369 g/mol. The van der Waals surface area contributed by atoms with E-state index in [4.69, 9.17) is 0 Å². The highest BCUT2D eigenvalue weighted by atomic mass is 32.2. The van der Waals surface area contributed by atoms with Gasteiger partial charge in [-0.1, -0.05) is 24.3 Å². The Morgan fingerprint density at radius 1 is 0.846 bits per heavy atom. The van der Waals surface area contributed by atoms with Crippen molar-refractivity contribution in [1.82, 2.24) is 9.71 Å². The summed E-state index contributed by atoms with van der Waals surface area (Å²) >= 11 is 0. The molecule has 0 unspecified atom stereocenters. The van der Waals surface area contributed by atoms with Crippen molar-refractivity contribution in [3.8, 4) is 0 Å². The van der Waals surface area contributed by atoms with Crippen LogP contribution in [0.3, 0.4) is 0 Å². The molecule has 0 radical (unpaired) electrons. The van der Waals surface area contributed by atoms with Crippen molar-refractivity contribution in [3.63, 3.8) is 0 Å². The molecule has 3 rings (SSSR count). The number of rotatable bonds is 4. The van der Waals surface area contributed by atoms with Gasteiger partial charge in [0, 0.05) is 18.1 Å². The molecule has 0 bridgehead atoms. The minimum atomic E-state index is -3.63. The Balaban J connectivity index is 2.01. The summed E-state index contributed by atoms with van der Waals surface area (Å²) in [5.74, 6) is 0. The lowest BCUT2D eigenvalue weighted by molar-refractivity contribution is 0.580. The number of sulfonamides is 1. The van der Waals surface area contributed by atoms with E-state index in [0.717, 1.165) is 44.3 Å². The van der Waals surface area contributed by atoms with Gasteiger partial charge in [-0.2, -0.15) is 0 Å². The van der Waals surface area contributed by atoms with Gasteiger partial charge in [-0.3, -0.25) is 4.98 Å². The molecule has 0 aliphatic heterocycles. The molecular weight excluding hydrogens is 344 g/mol. The third-order valence-corrected chi connectivity index (χ3v) is 7.04. The fourth-order valence-electron chi connectivity index (χ4n) is 3.42. The molecule has 3 aromatic rings. The Hall–Kier alpha value is -2.24. The first-order valence-corrected chi connectivity index (χ1v) is 10.1. The van der Waals surface area contributed by atoms with Gasteiger partial charge in [0.15, 0.2) is 0 Å². The average Bonchev–Trinajstić information content (AvgIpc) is 2.63. The SMILES string of the molecule is Cc1c(C)c(C)c(S(=O)(=O)NCc2cccc3cccnc23)c(C)c1C. The summed E-state index contributed by atoms with van der Waals surface area (Å²) < 4.78 is 28.9. The van der Waals surface area contributed by atoms with Gasteiger partial charge < -0.3 is 0 Å². The van der Waals surface area contributed by atoms with E-state index in [2.05, 4.69) is 9.71 Å². The fourth-order valence-corrected chi connectivity index (χ4v) is 5.03. The zero-order valence-corrected chi connectivity index (χ0v) is 16.7. The summed E-state index contributed by atoms with van der Waals surface area (Å²) in [4.78, 5) is 4.79. The maximum Gasteiger partial charge on any atom is 0.241 e. The van der Waals surface area contributed by atoms with Crippen molar-refractivity contribution < 1.29 is 8.42 Å². The molecule has 0 aliphatic carbocycles. The molecule has 0 spiro atoms. The molecule has 4 nitrogen and oxygen atoms in total. The van der Waals surface area contributed by atoms with Crippen molar-refractivity contribution in [2.45, 2.75) is 46.1 Å². The van der Waals surface area contributed by atoms with E-state index in [1.165, 1.54) is 0 Å². The van der Waals surface area contributed by atoms with Crippen LogP contribution in [0.25, 0.3) is 10.9 Å². The monoisotopic (exact) mass is 368 g/mol. The lowest BCUT2D eigenvalue weighted by Crippen LogP contribution is -2.26. The van der Waals surface area contributed by atoms with Crippen molar-refractivity contribution in [3.05, 3.63) is 69.9 Å². The van der Waals surface area contributed by atoms with Crippen LogP contribution in [-0.2, 0) is 16.6 Å². The number of fused-ring (bicyclic) bond motifs is 1. The topological polar surface area (TPSA) is 59.1 Å². The van der Waals surface area contributed by atoms with Crippen LogP contribution >= 0.6 is 0 Å². The van der Waals surface area contributed by atoms with Crippen molar-refractivity contribution in [1.29, 1.82) is 0 Å². The van der Waals surface area contributed by atoms with E-state index in [1.54, 1.807) is 6.20 Å². The molecule has 0 fully saturated rings. The second kappa shape index (κ2) is 6.82. The van der Waals surface area contributed by atoms with Crippen LogP contribution < -0.4 is 4.72 Å². The molecule has 1 aromatic heterocycles. The van der Waals surface area contributed by atoms with Crippen molar-refractivity contribution >= 4 is 20.9 Å². The fraction of sp³-hybridized carbons (Fsp3) is 0.286. The Labute approximate surface area is 155 Å². The highest BCUT2D eigenvalue weighted by molar-refractivity contribution is 7.89. The number of hydrogen-bond acceptors (Lipinski definition) is 3. The standard InChI is InChI=1S/C21H24N2O2S/c1-13-14(2)16(4)21(17(5)15(13)3)26(24,25)23-12-19-9-6-8-18-10-7-11-22-20(18)19/h6-11,23H,12H2,1-5H3. The van der Waals surface area contributed by atoms with Gasteiger partial charge in [0.1, 0.15) is 0 Å². The van der Waals surface area contributed by atoms with Crippen molar-refractivity contribution in [2.24, 2.45) is 0 Å². The smallest absolute Gasteiger partial charge is 0.241 e. The van der Waals surface area contributed by atoms with Crippen LogP contribution in [0.5, 0.6) is 0 Å². The summed E-state index contributed by atoms with van der Waals surface area (Å²) in [6.45, 7) is 9.96. The molecule has 0 saturated heterocycles. The normalized spacial score (nSPS) is 11.9. The number of pyridine rings is 1. The number of benzene rings is 2. The van der Waals surface area contributed by atoms with Crippen LogP contribution in [-0.4, -0.2) is 13.4 Å². The number of nitrogens with zero attached hydrogens (tertiary/aromatic N) is 1. The second-order valence-corrected chi connectivity index (χ2v) is 8.47.